The van der Waals surface area contributed by atoms with Gasteiger partial charge in [-0.15, -0.1) is 0 Å². The van der Waals surface area contributed by atoms with Crippen LogP contribution in [0.25, 0.3) is 0 Å². The van der Waals surface area contributed by atoms with Crippen molar-refractivity contribution in [1.82, 2.24) is 0 Å². The van der Waals surface area contributed by atoms with Gasteiger partial charge in [-0.25, -0.2) is 0 Å². The monoisotopic (exact) mass is 283 g/mol. The molecular formula is C17H33NO2. The van der Waals surface area contributed by atoms with Gasteiger partial charge in [0, 0.05) is 31.4 Å². The van der Waals surface area contributed by atoms with Crippen molar-refractivity contribution in [3.05, 3.63) is 0 Å². The zero-order valence-electron chi connectivity index (χ0n) is 13.5. The maximum Gasteiger partial charge on any atom is 0.0762 e. The summed E-state index contributed by atoms with van der Waals surface area (Å²) in [5.74, 6) is 1.29. The van der Waals surface area contributed by atoms with Gasteiger partial charge in [-0.05, 0) is 37.5 Å². The molecule has 3 N–H and O–H groups in total. The molecule has 2 rings (SSSR count). The molecule has 20 heavy (non-hydrogen) atoms. The van der Waals surface area contributed by atoms with E-state index in [1.54, 1.807) is 0 Å². The van der Waals surface area contributed by atoms with Gasteiger partial charge >= 0.3 is 0 Å². The third-order valence-corrected chi connectivity index (χ3v) is 6.15. The summed E-state index contributed by atoms with van der Waals surface area (Å²) in [5, 5.41) is 11.4. The van der Waals surface area contributed by atoms with Gasteiger partial charge < -0.3 is 15.6 Å². The molecule has 2 unspecified atom stereocenters. The first kappa shape index (κ1) is 16.3. The lowest BCUT2D eigenvalue weighted by Gasteiger charge is -2.54. The third kappa shape index (κ3) is 2.90. The van der Waals surface area contributed by atoms with Gasteiger partial charge in [0.15, 0.2) is 0 Å². The Bertz CT molecular complexity index is 310. The number of hydrogen-bond donors (Lipinski definition) is 2. The summed E-state index contributed by atoms with van der Waals surface area (Å²) >= 11 is 0. The standard InChI is InChI=1S/C17H33NO2/c1-4-14-5-7-16(12-18,8-6-14)17(19)9-10-20-15(11-17)13(2)3/h13-15,19H,4-12,18H2,1-3H3. The average Bonchev–Trinajstić information content (AvgIpc) is 2.47. The number of nitrogens with two attached hydrogens (primary N) is 1. The Kier molecular flexibility index (Phi) is 5.14. The molecule has 0 spiro atoms. The van der Waals surface area contributed by atoms with Crippen LogP contribution in [-0.2, 0) is 4.74 Å². The van der Waals surface area contributed by atoms with E-state index in [2.05, 4.69) is 20.8 Å². The second-order valence-corrected chi connectivity index (χ2v) is 7.48. The lowest BCUT2D eigenvalue weighted by atomic mass is 9.58. The molecule has 1 aliphatic heterocycles. The van der Waals surface area contributed by atoms with Crippen LogP contribution in [0.3, 0.4) is 0 Å². The first-order valence-electron chi connectivity index (χ1n) is 8.50. The van der Waals surface area contributed by atoms with Crippen molar-refractivity contribution in [3.63, 3.8) is 0 Å². The largest absolute Gasteiger partial charge is 0.389 e. The molecule has 0 aromatic carbocycles. The summed E-state index contributed by atoms with van der Waals surface area (Å²) in [6, 6.07) is 0. The fourth-order valence-corrected chi connectivity index (χ4v) is 4.28. The quantitative estimate of drug-likeness (QED) is 0.833. The van der Waals surface area contributed by atoms with Crippen LogP contribution in [0.15, 0.2) is 0 Å². The number of hydrogen-bond acceptors (Lipinski definition) is 3. The summed E-state index contributed by atoms with van der Waals surface area (Å²) in [4.78, 5) is 0. The normalized spacial score (nSPS) is 42.9. The molecule has 0 aromatic rings. The molecule has 1 heterocycles. The van der Waals surface area contributed by atoms with Gasteiger partial charge in [0.25, 0.3) is 0 Å². The number of rotatable bonds is 4. The van der Waals surface area contributed by atoms with Gasteiger partial charge in [0.2, 0.25) is 0 Å². The molecule has 118 valence electrons. The Balaban J connectivity index is 2.13. The predicted molar refractivity (Wildman–Crippen MR) is 82.5 cm³/mol. The Morgan fingerprint density at radius 1 is 1.25 bits per heavy atom. The fourth-order valence-electron chi connectivity index (χ4n) is 4.28. The molecular weight excluding hydrogens is 250 g/mol. The van der Waals surface area contributed by atoms with Crippen LogP contribution < -0.4 is 5.73 Å². The molecule has 0 bridgehead atoms. The average molecular weight is 283 g/mol. The maximum absolute atomic E-state index is 11.4. The smallest absolute Gasteiger partial charge is 0.0762 e. The van der Waals surface area contributed by atoms with Crippen LogP contribution in [0.1, 0.15) is 65.7 Å². The van der Waals surface area contributed by atoms with Gasteiger partial charge in [-0.2, -0.15) is 0 Å². The first-order chi connectivity index (χ1) is 9.46. The second-order valence-electron chi connectivity index (χ2n) is 7.48. The van der Waals surface area contributed by atoms with Crippen LogP contribution >= 0.6 is 0 Å². The van der Waals surface area contributed by atoms with Gasteiger partial charge in [0.05, 0.1) is 11.7 Å². The lowest BCUT2D eigenvalue weighted by molar-refractivity contribution is -0.185. The number of aliphatic hydroxyl groups is 1. The molecule has 0 radical (unpaired) electrons. The summed E-state index contributed by atoms with van der Waals surface area (Å²) in [6.07, 6.45) is 7.58. The first-order valence-corrected chi connectivity index (χ1v) is 8.50. The highest BCUT2D eigenvalue weighted by molar-refractivity contribution is 5.04. The van der Waals surface area contributed by atoms with E-state index in [1.165, 1.54) is 19.3 Å². The molecule has 2 atom stereocenters. The lowest BCUT2D eigenvalue weighted by Crippen LogP contribution is -2.58. The van der Waals surface area contributed by atoms with Gasteiger partial charge in [-0.1, -0.05) is 27.2 Å². The van der Waals surface area contributed by atoms with E-state index in [-0.39, 0.29) is 11.5 Å². The highest BCUT2D eigenvalue weighted by Gasteiger charge is 2.52. The van der Waals surface area contributed by atoms with E-state index >= 15 is 0 Å². The second kappa shape index (κ2) is 6.33. The van der Waals surface area contributed by atoms with Crippen LogP contribution in [-0.4, -0.2) is 30.0 Å². The van der Waals surface area contributed by atoms with Gasteiger partial charge in [-0.3, -0.25) is 0 Å². The van der Waals surface area contributed by atoms with Crippen LogP contribution in [0.5, 0.6) is 0 Å². The molecule has 2 fully saturated rings. The van der Waals surface area contributed by atoms with E-state index in [1.807, 2.05) is 0 Å². The molecule has 1 saturated heterocycles. The zero-order valence-corrected chi connectivity index (χ0v) is 13.5. The van der Waals surface area contributed by atoms with Crippen molar-refractivity contribution < 1.29 is 9.84 Å². The van der Waals surface area contributed by atoms with E-state index in [0.717, 1.165) is 31.6 Å². The van der Waals surface area contributed by atoms with Crippen LogP contribution in [0.4, 0.5) is 0 Å². The molecule has 3 heteroatoms. The third-order valence-electron chi connectivity index (χ3n) is 6.15. The Hall–Kier alpha value is -0.120. The summed E-state index contributed by atoms with van der Waals surface area (Å²) in [5.41, 5.74) is 5.47. The SMILES string of the molecule is CCC1CCC(CN)(C2(O)CCOC(C(C)C)C2)CC1. The van der Waals surface area contributed by atoms with Crippen molar-refractivity contribution in [2.75, 3.05) is 13.2 Å². The summed E-state index contributed by atoms with van der Waals surface area (Å²) in [7, 11) is 0. The van der Waals surface area contributed by atoms with E-state index in [0.29, 0.717) is 19.1 Å². The minimum atomic E-state index is -0.617. The Morgan fingerprint density at radius 2 is 1.90 bits per heavy atom. The minimum absolute atomic E-state index is 0.0738. The Labute approximate surface area is 124 Å². The highest BCUT2D eigenvalue weighted by atomic mass is 16.5. The predicted octanol–water partition coefficient (Wildman–Crippen LogP) is 3.10. The molecule has 0 aromatic heterocycles. The van der Waals surface area contributed by atoms with E-state index in [4.69, 9.17) is 10.5 Å². The van der Waals surface area contributed by atoms with Crippen molar-refractivity contribution >= 4 is 0 Å². The van der Waals surface area contributed by atoms with E-state index < -0.39 is 5.60 Å². The fraction of sp³-hybridized carbons (Fsp3) is 1.00. The van der Waals surface area contributed by atoms with Crippen molar-refractivity contribution in [3.8, 4) is 0 Å². The highest BCUT2D eigenvalue weighted by Crippen LogP contribution is 2.51. The van der Waals surface area contributed by atoms with Crippen molar-refractivity contribution in [2.45, 2.75) is 77.4 Å². The molecule has 0 amide bonds. The van der Waals surface area contributed by atoms with E-state index in [9.17, 15) is 5.11 Å². The molecule has 1 aliphatic carbocycles. The minimum Gasteiger partial charge on any atom is -0.389 e. The number of ether oxygens (including phenoxy) is 1. The molecule has 3 nitrogen and oxygen atoms in total. The van der Waals surface area contributed by atoms with Crippen molar-refractivity contribution in [2.24, 2.45) is 23.0 Å². The topological polar surface area (TPSA) is 55.5 Å². The Morgan fingerprint density at radius 3 is 2.40 bits per heavy atom. The van der Waals surface area contributed by atoms with Gasteiger partial charge in [0.1, 0.15) is 0 Å². The zero-order chi connectivity index (χ0) is 14.8. The van der Waals surface area contributed by atoms with Crippen molar-refractivity contribution in [1.29, 1.82) is 0 Å². The molecule has 2 aliphatic rings. The van der Waals surface area contributed by atoms with Crippen LogP contribution in [0, 0.1) is 17.3 Å². The molecule has 1 saturated carbocycles. The summed E-state index contributed by atoms with van der Waals surface area (Å²) in [6.45, 7) is 7.93. The summed E-state index contributed by atoms with van der Waals surface area (Å²) < 4.78 is 5.86. The maximum atomic E-state index is 11.4. The van der Waals surface area contributed by atoms with Crippen LogP contribution in [0.2, 0.25) is 0 Å².